The van der Waals surface area contributed by atoms with E-state index in [1.54, 1.807) is 7.11 Å². The van der Waals surface area contributed by atoms with Gasteiger partial charge in [-0.15, -0.1) is 0 Å². The van der Waals surface area contributed by atoms with Gasteiger partial charge >= 0.3 is 0 Å². The number of nitrogens with zero attached hydrogens (tertiary/aromatic N) is 1. The maximum atomic E-state index is 12.0. The molecule has 1 unspecified atom stereocenters. The van der Waals surface area contributed by atoms with Gasteiger partial charge in [-0.3, -0.25) is 0 Å². The highest BCUT2D eigenvalue weighted by atomic mass is 32.2. The molecule has 1 atom stereocenters. The van der Waals surface area contributed by atoms with Gasteiger partial charge in [0.1, 0.15) is 0 Å². The van der Waals surface area contributed by atoms with Crippen molar-refractivity contribution in [1.82, 2.24) is 4.31 Å². The summed E-state index contributed by atoms with van der Waals surface area (Å²) in [6.45, 7) is 5.13. The van der Waals surface area contributed by atoms with Crippen LogP contribution in [0.1, 0.15) is 26.7 Å². The SMILES string of the molecule is CCN(C(C)COC)S(=O)(=O)CCCCN. The minimum atomic E-state index is -3.17. The molecule has 0 aromatic rings. The molecule has 0 rings (SSSR count). The highest BCUT2D eigenvalue weighted by Gasteiger charge is 2.24. The van der Waals surface area contributed by atoms with Gasteiger partial charge in [-0.1, -0.05) is 6.92 Å². The number of hydrogen-bond acceptors (Lipinski definition) is 4. The fraction of sp³-hybridized carbons (Fsp3) is 1.00. The van der Waals surface area contributed by atoms with Crippen molar-refractivity contribution in [3.63, 3.8) is 0 Å². The topological polar surface area (TPSA) is 72.6 Å². The quantitative estimate of drug-likeness (QED) is 0.603. The van der Waals surface area contributed by atoms with E-state index < -0.39 is 10.0 Å². The molecular weight excluding hydrogens is 228 g/mol. The van der Waals surface area contributed by atoms with Crippen LogP contribution in [-0.4, -0.2) is 51.3 Å². The Bertz CT molecular complexity index is 267. The van der Waals surface area contributed by atoms with Crippen molar-refractivity contribution < 1.29 is 13.2 Å². The van der Waals surface area contributed by atoms with Gasteiger partial charge < -0.3 is 10.5 Å². The first-order valence-electron chi connectivity index (χ1n) is 5.68. The van der Waals surface area contributed by atoms with Gasteiger partial charge in [0.25, 0.3) is 0 Å². The monoisotopic (exact) mass is 252 g/mol. The van der Waals surface area contributed by atoms with Gasteiger partial charge in [0.2, 0.25) is 10.0 Å². The number of ether oxygens (including phenoxy) is 1. The van der Waals surface area contributed by atoms with Crippen LogP contribution in [0.25, 0.3) is 0 Å². The average molecular weight is 252 g/mol. The van der Waals surface area contributed by atoms with Gasteiger partial charge in [-0.05, 0) is 26.3 Å². The zero-order valence-electron chi connectivity index (χ0n) is 10.5. The van der Waals surface area contributed by atoms with Crippen LogP contribution >= 0.6 is 0 Å². The average Bonchev–Trinajstić information content (AvgIpc) is 2.18. The molecule has 0 saturated carbocycles. The van der Waals surface area contributed by atoms with Crippen LogP contribution in [0.4, 0.5) is 0 Å². The van der Waals surface area contributed by atoms with E-state index in [-0.39, 0.29) is 11.8 Å². The molecule has 2 N–H and O–H groups in total. The Morgan fingerprint density at radius 2 is 2.00 bits per heavy atom. The van der Waals surface area contributed by atoms with Crippen LogP contribution < -0.4 is 5.73 Å². The third-order valence-corrected chi connectivity index (χ3v) is 4.56. The van der Waals surface area contributed by atoms with Crippen molar-refractivity contribution in [2.24, 2.45) is 5.73 Å². The zero-order chi connectivity index (χ0) is 12.6. The number of methoxy groups -OCH3 is 1. The number of rotatable bonds is 9. The number of unbranched alkanes of at least 4 members (excludes halogenated alkanes) is 1. The Morgan fingerprint density at radius 1 is 1.38 bits per heavy atom. The second-order valence-electron chi connectivity index (χ2n) is 3.82. The van der Waals surface area contributed by atoms with E-state index in [4.69, 9.17) is 10.5 Å². The molecule has 16 heavy (non-hydrogen) atoms. The molecule has 0 amide bonds. The van der Waals surface area contributed by atoms with Crippen LogP contribution in [0, 0.1) is 0 Å². The van der Waals surface area contributed by atoms with E-state index in [1.165, 1.54) is 4.31 Å². The van der Waals surface area contributed by atoms with E-state index in [2.05, 4.69) is 0 Å². The van der Waals surface area contributed by atoms with Gasteiger partial charge in [0, 0.05) is 19.7 Å². The molecule has 0 heterocycles. The highest BCUT2D eigenvalue weighted by Crippen LogP contribution is 2.09. The first-order valence-corrected chi connectivity index (χ1v) is 7.29. The summed E-state index contributed by atoms with van der Waals surface area (Å²) in [6.07, 6.45) is 1.37. The van der Waals surface area contributed by atoms with Crippen molar-refractivity contribution in [3.8, 4) is 0 Å². The molecule has 0 bridgehead atoms. The summed E-state index contributed by atoms with van der Waals surface area (Å²) >= 11 is 0. The molecule has 0 aliphatic carbocycles. The van der Waals surface area contributed by atoms with Crippen LogP contribution in [0.15, 0.2) is 0 Å². The molecule has 0 saturated heterocycles. The molecular formula is C10H24N2O3S. The standard InChI is InChI=1S/C10H24N2O3S/c1-4-12(10(2)9-15-3)16(13,14)8-6-5-7-11/h10H,4-9,11H2,1-3H3. The first-order chi connectivity index (χ1) is 7.49. The smallest absolute Gasteiger partial charge is 0.214 e. The molecule has 0 aliphatic rings. The van der Waals surface area contributed by atoms with Crippen LogP contribution in [0.2, 0.25) is 0 Å². The van der Waals surface area contributed by atoms with Crippen molar-refractivity contribution in [1.29, 1.82) is 0 Å². The molecule has 98 valence electrons. The summed E-state index contributed by atoms with van der Waals surface area (Å²) in [5, 5.41) is 0. The molecule has 6 heteroatoms. The molecule has 0 aromatic carbocycles. The minimum absolute atomic E-state index is 0.113. The van der Waals surface area contributed by atoms with E-state index in [9.17, 15) is 8.42 Å². The van der Waals surface area contributed by atoms with E-state index in [1.807, 2.05) is 13.8 Å². The lowest BCUT2D eigenvalue weighted by atomic mass is 10.3. The lowest BCUT2D eigenvalue weighted by Gasteiger charge is -2.26. The normalized spacial score (nSPS) is 14.3. The van der Waals surface area contributed by atoms with Crippen molar-refractivity contribution in [3.05, 3.63) is 0 Å². The summed E-state index contributed by atoms with van der Waals surface area (Å²) < 4.78 is 30.4. The second kappa shape index (κ2) is 8.00. The van der Waals surface area contributed by atoms with E-state index in [0.29, 0.717) is 26.1 Å². The number of likely N-dealkylation sites (N-methyl/N-ethyl adjacent to an activating group) is 1. The summed E-state index contributed by atoms with van der Waals surface area (Å²) in [5.41, 5.74) is 5.35. The van der Waals surface area contributed by atoms with Crippen LogP contribution in [0.5, 0.6) is 0 Å². The second-order valence-corrected chi connectivity index (χ2v) is 5.86. The van der Waals surface area contributed by atoms with Gasteiger partial charge in [0.05, 0.1) is 12.4 Å². The van der Waals surface area contributed by atoms with Crippen LogP contribution in [-0.2, 0) is 14.8 Å². The lowest BCUT2D eigenvalue weighted by Crippen LogP contribution is -2.42. The van der Waals surface area contributed by atoms with Gasteiger partial charge in [-0.25, -0.2) is 8.42 Å². The maximum absolute atomic E-state index is 12.0. The fourth-order valence-corrected chi connectivity index (χ4v) is 3.46. The van der Waals surface area contributed by atoms with Crippen molar-refractivity contribution >= 4 is 10.0 Å². The third kappa shape index (κ3) is 5.25. The Labute approximate surface area is 99.0 Å². The maximum Gasteiger partial charge on any atom is 0.214 e. The van der Waals surface area contributed by atoms with E-state index >= 15 is 0 Å². The summed E-state index contributed by atoms with van der Waals surface area (Å²) in [4.78, 5) is 0. The summed E-state index contributed by atoms with van der Waals surface area (Å²) in [5.74, 6) is 0.173. The molecule has 0 radical (unpaired) electrons. The van der Waals surface area contributed by atoms with Crippen LogP contribution in [0.3, 0.4) is 0 Å². The number of sulfonamides is 1. The Balaban J connectivity index is 4.42. The highest BCUT2D eigenvalue weighted by molar-refractivity contribution is 7.89. The molecule has 0 spiro atoms. The Kier molecular flexibility index (Phi) is 7.91. The fourth-order valence-electron chi connectivity index (χ4n) is 1.65. The number of hydrogen-bond donors (Lipinski definition) is 1. The minimum Gasteiger partial charge on any atom is -0.383 e. The third-order valence-electron chi connectivity index (χ3n) is 2.42. The molecule has 0 fully saturated rings. The van der Waals surface area contributed by atoms with Gasteiger partial charge in [-0.2, -0.15) is 4.31 Å². The zero-order valence-corrected chi connectivity index (χ0v) is 11.3. The molecule has 5 nitrogen and oxygen atoms in total. The summed E-state index contributed by atoms with van der Waals surface area (Å²) in [7, 11) is -1.59. The lowest BCUT2D eigenvalue weighted by molar-refractivity contribution is 0.142. The van der Waals surface area contributed by atoms with Crippen molar-refractivity contribution in [2.45, 2.75) is 32.7 Å². The first kappa shape index (κ1) is 15.8. The van der Waals surface area contributed by atoms with Gasteiger partial charge in [0.15, 0.2) is 0 Å². The Hall–Kier alpha value is -0.170. The van der Waals surface area contributed by atoms with Crippen molar-refractivity contribution in [2.75, 3.05) is 32.6 Å². The predicted octanol–water partition coefficient (Wildman–Crippen LogP) is 0.412. The number of nitrogens with two attached hydrogens (primary N) is 1. The molecule has 0 aromatic heterocycles. The summed E-state index contributed by atoms with van der Waals surface area (Å²) in [6, 6.07) is -0.113. The van der Waals surface area contributed by atoms with E-state index in [0.717, 1.165) is 6.42 Å². The Morgan fingerprint density at radius 3 is 2.44 bits per heavy atom. The predicted molar refractivity (Wildman–Crippen MR) is 65.8 cm³/mol. The molecule has 0 aliphatic heterocycles. The largest absolute Gasteiger partial charge is 0.383 e.